The molecule has 1 unspecified atom stereocenters. The van der Waals surface area contributed by atoms with Gasteiger partial charge in [-0.25, -0.2) is 4.98 Å². The van der Waals surface area contributed by atoms with E-state index in [-0.39, 0.29) is 11.0 Å². The van der Waals surface area contributed by atoms with Crippen LogP contribution < -0.4 is 10.1 Å². The fraction of sp³-hybridized carbons (Fsp3) is 0.706. The van der Waals surface area contributed by atoms with Gasteiger partial charge < -0.3 is 10.1 Å². The predicted octanol–water partition coefficient (Wildman–Crippen LogP) is 2.69. The standard InChI is InChI=1S/C17H29N3O/c1-16(2,3)14-10-19-17(4,5)12-20(14)11-13-8-7-9-18-15(13)21-6/h7-9,14,19H,10-12H2,1-6H3. The molecule has 0 amide bonds. The Balaban J connectivity index is 2.24. The molecule has 1 aromatic rings. The number of aromatic nitrogens is 1. The van der Waals surface area contributed by atoms with Gasteiger partial charge in [0.25, 0.3) is 0 Å². The van der Waals surface area contributed by atoms with Crippen LogP contribution in [0.2, 0.25) is 0 Å². The smallest absolute Gasteiger partial charge is 0.217 e. The molecule has 2 heterocycles. The van der Waals surface area contributed by atoms with E-state index in [9.17, 15) is 0 Å². The minimum atomic E-state index is 0.136. The molecule has 1 aromatic heterocycles. The number of pyridine rings is 1. The third-order valence-electron chi connectivity index (χ3n) is 4.23. The Kier molecular flexibility index (Phi) is 4.59. The van der Waals surface area contributed by atoms with E-state index >= 15 is 0 Å². The van der Waals surface area contributed by atoms with Gasteiger partial charge in [0.2, 0.25) is 5.88 Å². The van der Waals surface area contributed by atoms with Gasteiger partial charge >= 0.3 is 0 Å². The first-order chi connectivity index (χ1) is 9.73. The van der Waals surface area contributed by atoms with E-state index in [1.165, 1.54) is 0 Å². The van der Waals surface area contributed by atoms with Crippen LogP contribution in [0.25, 0.3) is 0 Å². The minimum Gasteiger partial charge on any atom is -0.481 e. The Morgan fingerprint density at radius 2 is 2.14 bits per heavy atom. The van der Waals surface area contributed by atoms with Crippen molar-refractivity contribution in [3.63, 3.8) is 0 Å². The van der Waals surface area contributed by atoms with Gasteiger partial charge in [-0.1, -0.05) is 26.8 Å². The third-order valence-corrected chi connectivity index (χ3v) is 4.23. The second-order valence-corrected chi connectivity index (χ2v) is 7.72. The van der Waals surface area contributed by atoms with Crippen LogP contribution in [0.5, 0.6) is 5.88 Å². The summed E-state index contributed by atoms with van der Waals surface area (Å²) >= 11 is 0. The molecule has 0 aromatic carbocycles. The van der Waals surface area contributed by atoms with Crippen molar-refractivity contribution in [2.45, 2.75) is 52.7 Å². The highest BCUT2D eigenvalue weighted by Gasteiger charge is 2.38. The zero-order valence-electron chi connectivity index (χ0n) is 14.2. The molecule has 1 aliphatic heterocycles. The molecule has 1 fully saturated rings. The maximum Gasteiger partial charge on any atom is 0.217 e. The van der Waals surface area contributed by atoms with Gasteiger partial charge in [0.05, 0.1) is 7.11 Å². The van der Waals surface area contributed by atoms with Crippen LogP contribution in [0, 0.1) is 5.41 Å². The highest BCUT2D eigenvalue weighted by molar-refractivity contribution is 5.25. The van der Waals surface area contributed by atoms with Crippen molar-refractivity contribution in [1.29, 1.82) is 0 Å². The molecule has 4 nitrogen and oxygen atoms in total. The number of methoxy groups -OCH3 is 1. The normalized spacial score (nSPS) is 23.0. The van der Waals surface area contributed by atoms with Crippen LogP contribution >= 0.6 is 0 Å². The van der Waals surface area contributed by atoms with Crippen LogP contribution in [0.3, 0.4) is 0 Å². The molecule has 1 saturated heterocycles. The summed E-state index contributed by atoms with van der Waals surface area (Å²) < 4.78 is 5.41. The monoisotopic (exact) mass is 291 g/mol. The maximum atomic E-state index is 5.41. The van der Waals surface area contributed by atoms with Crippen molar-refractivity contribution in [2.24, 2.45) is 5.41 Å². The van der Waals surface area contributed by atoms with E-state index in [4.69, 9.17) is 4.74 Å². The van der Waals surface area contributed by atoms with Gasteiger partial charge in [-0.05, 0) is 25.3 Å². The van der Waals surface area contributed by atoms with Crippen LogP contribution in [0.15, 0.2) is 18.3 Å². The van der Waals surface area contributed by atoms with Gasteiger partial charge in [0, 0.05) is 43.0 Å². The summed E-state index contributed by atoms with van der Waals surface area (Å²) in [6.45, 7) is 14.4. The summed E-state index contributed by atoms with van der Waals surface area (Å²) in [6, 6.07) is 4.59. The first-order valence-electron chi connectivity index (χ1n) is 7.70. The number of ether oxygens (including phenoxy) is 1. The van der Waals surface area contributed by atoms with Crippen molar-refractivity contribution in [1.82, 2.24) is 15.2 Å². The Hall–Kier alpha value is -1.13. The van der Waals surface area contributed by atoms with Crippen LogP contribution in [0.1, 0.15) is 40.2 Å². The number of piperazine rings is 1. The first-order valence-corrected chi connectivity index (χ1v) is 7.70. The molecule has 21 heavy (non-hydrogen) atoms. The molecule has 118 valence electrons. The lowest BCUT2D eigenvalue weighted by molar-refractivity contribution is 0.0266. The fourth-order valence-electron chi connectivity index (χ4n) is 3.14. The van der Waals surface area contributed by atoms with E-state index in [1.54, 1.807) is 13.3 Å². The number of rotatable bonds is 3. The van der Waals surface area contributed by atoms with Crippen molar-refractivity contribution in [3.8, 4) is 5.88 Å². The Morgan fingerprint density at radius 1 is 1.43 bits per heavy atom. The molecule has 4 heteroatoms. The number of hydrogen-bond acceptors (Lipinski definition) is 4. The van der Waals surface area contributed by atoms with Crippen molar-refractivity contribution in [2.75, 3.05) is 20.2 Å². The minimum absolute atomic E-state index is 0.136. The van der Waals surface area contributed by atoms with E-state index in [1.807, 2.05) is 6.07 Å². The molecule has 2 rings (SSSR count). The zero-order chi connectivity index (χ0) is 15.7. The summed E-state index contributed by atoms with van der Waals surface area (Å²) in [6.07, 6.45) is 1.78. The average Bonchev–Trinajstić information content (AvgIpc) is 2.36. The van der Waals surface area contributed by atoms with Crippen LogP contribution in [0.4, 0.5) is 0 Å². The Labute approximate surface area is 128 Å². The molecule has 0 saturated carbocycles. The Morgan fingerprint density at radius 3 is 2.76 bits per heavy atom. The molecule has 0 aliphatic carbocycles. The molecule has 0 radical (unpaired) electrons. The van der Waals surface area contributed by atoms with Crippen LogP contribution in [-0.2, 0) is 6.54 Å². The molecule has 0 spiro atoms. The molecule has 0 bridgehead atoms. The molecule has 1 atom stereocenters. The maximum absolute atomic E-state index is 5.41. The summed E-state index contributed by atoms with van der Waals surface area (Å²) in [7, 11) is 1.69. The molecule has 1 N–H and O–H groups in total. The van der Waals surface area contributed by atoms with Gasteiger partial charge in [-0.15, -0.1) is 0 Å². The Bertz CT molecular complexity index is 479. The topological polar surface area (TPSA) is 37.4 Å². The second-order valence-electron chi connectivity index (χ2n) is 7.72. The van der Waals surface area contributed by atoms with E-state index in [2.05, 4.69) is 55.9 Å². The highest BCUT2D eigenvalue weighted by Crippen LogP contribution is 2.31. The summed E-state index contributed by atoms with van der Waals surface area (Å²) in [5, 5.41) is 3.67. The van der Waals surface area contributed by atoms with Crippen molar-refractivity contribution in [3.05, 3.63) is 23.9 Å². The molecule has 1 aliphatic rings. The molecular weight excluding hydrogens is 262 g/mol. The second kappa shape index (κ2) is 5.93. The summed E-state index contributed by atoms with van der Waals surface area (Å²) in [5.74, 6) is 0.737. The van der Waals surface area contributed by atoms with Gasteiger partial charge in [0.1, 0.15) is 0 Å². The van der Waals surface area contributed by atoms with E-state index < -0.39 is 0 Å². The number of hydrogen-bond donors (Lipinski definition) is 1. The fourth-order valence-corrected chi connectivity index (χ4v) is 3.14. The zero-order valence-corrected chi connectivity index (χ0v) is 14.2. The molecular formula is C17H29N3O. The van der Waals surface area contributed by atoms with Gasteiger partial charge in [-0.3, -0.25) is 4.90 Å². The SMILES string of the molecule is COc1ncccc1CN1CC(C)(C)NCC1C(C)(C)C. The third kappa shape index (κ3) is 3.95. The predicted molar refractivity (Wildman–Crippen MR) is 86.5 cm³/mol. The van der Waals surface area contributed by atoms with E-state index in [0.717, 1.165) is 31.1 Å². The quantitative estimate of drug-likeness (QED) is 0.929. The van der Waals surface area contributed by atoms with Crippen molar-refractivity contribution < 1.29 is 4.74 Å². The van der Waals surface area contributed by atoms with Crippen LogP contribution in [-0.4, -0.2) is 41.7 Å². The van der Waals surface area contributed by atoms with Gasteiger partial charge in [0.15, 0.2) is 0 Å². The largest absolute Gasteiger partial charge is 0.481 e. The summed E-state index contributed by atoms with van der Waals surface area (Å²) in [5.41, 5.74) is 1.53. The number of nitrogens with zero attached hydrogens (tertiary/aromatic N) is 2. The lowest BCUT2D eigenvalue weighted by Gasteiger charge is -2.49. The average molecular weight is 291 g/mol. The van der Waals surface area contributed by atoms with Crippen molar-refractivity contribution >= 4 is 0 Å². The lowest BCUT2D eigenvalue weighted by atomic mass is 9.82. The first kappa shape index (κ1) is 16.2. The number of nitrogens with one attached hydrogen (secondary N) is 1. The highest BCUT2D eigenvalue weighted by atomic mass is 16.5. The van der Waals surface area contributed by atoms with Gasteiger partial charge in [-0.2, -0.15) is 0 Å². The van der Waals surface area contributed by atoms with E-state index in [0.29, 0.717) is 6.04 Å². The lowest BCUT2D eigenvalue weighted by Crippen LogP contribution is -2.64. The summed E-state index contributed by atoms with van der Waals surface area (Å²) in [4.78, 5) is 6.89.